The highest BCUT2D eigenvalue weighted by atomic mass is 16.5. The third-order valence-corrected chi connectivity index (χ3v) is 7.60. The van der Waals surface area contributed by atoms with Gasteiger partial charge in [-0.1, -0.05) is 31.2 Å². The quantitative estimate of drug-likeness (QED) is 0.449. The first-order valence-electron chi connectivity index (χ1n) is 12.7. The highest BCUT2D eigenvalue weighted by molar-refractivity contribution is 6.00. The van der Waals surface area contributed by atoms with E-state index in [2.05, 4.69) is 0 Å². The number of nitrogens with zero attached hydrogens (tertiary/aromatic N) is 3. The molecule has 0 radical (unpaired) electrons. The van der Waals surface area contributed by atoms with Crippen molar-refractivity contribution < 1.29 is 24.2 Å². The molecule has 1 spiro atoms. The molecule has 8 nitrogen and oxygen atoms in total. The maximum Gasteiger partial charge on any atom is 0.249 e. The van der Waals surface area contributed by atoms with E-state index in [0.717, 1.165) is 12.8 Å². The van der Waals surface area contributed by atoms with Gasteiger partial charge in [-0.15, -0.1) is 0 Å². The van der Waals surface area contributed by atoms with E-state index < -0.39 is 35.1 Å². The summed E-state index contributed by atoms with van der Waals surface area (Å²) in [6, 6.07) is -0.801. The Morgan fingerprint density at radius 2 is 1.79 bits per heavy atom. The van der Waals surface area contributed by atoms with E-state index in [0.29, 0.717) is 39.0 Å². The van der Waals surface area contributed by atoms with Gasteiger partial charge >= 0.3 is 0 Å². The molecule has 8 heteroatoms. The molecule has 34 heavy (non-hydrogen) atoms. The van der Waals surface area contributed by atoms with E-state index >= 15 is 0 Å². The number of likely N-dealkylation sites (tertiary alicyclic amines) is 1. The number of carbonyl (C=O) groups is 3. The molecule has 3 amide bonds. The normalized spacial score (nSPS) is 33.2. The zero-order valence-electron chi connectivity index (χ0n) is 20.9. The summed E-state index contributed by atoms with van der Waals surface area (Å²) in [6.45, 7) is 10.1. The van der Waals surface area contributed by atoms with Crippen molar-refractivity contribution in [1.82, 2.24) is 14.7 Å². The van der Waals surface area contributed by atoms with Gasteiger partial charge in [-0.05, 0) is 46.5 Å². The number of hydrogen-bond donors (Lipinski definition) is 1. The lowest BCUT2D eigenvalue weighted by atomic mass is 9.77. The summed E-state index contributed by atoms with van der Waals surface area (Å²) in [5.41, 5.74) is -1.58. The zero-order valence-corrected chi connectivity index (χ0v) is 20.9. The lowest BCUT2D eigenvalue weighted by Gasteiger charge is -2.40. The van der Waals surface area contributed by atoms with Crippen LogP contribution in [0.1, 0.15) is 53.4 Å². The first-order chi connectivity index (χ1) is 16.2. The van der Waals surface area contributed by atoms with E-state index in [1.165, 1.54) is 0 Å². The van der Waals surface area contributed by atoms with Crippen molar-refractivity contribution in [3.63, 3.8) is 0 Å². The van der Waals surface area contributed by atoms with Crippen molar-refractivity contribution in [3.8, 4) is 0 Å². The second-order valence-electron chi connectivity index (χ2n) is 10.9. The molecular weight excluding hydrogens is 434 g/mol. The average Bonchev–Trinajstić information content (AvgIpc) is 3.08. The fraction of sp³-hybridized carbons (Fsp3) is 0.731. The predicted octanol–water partition coefficient (Wildman–Crippen LogP) is 1.74. The fourth-order valence-electron chi connectivity index (χ4n) is 6.07. The molecule has 2 fully saturated rings. The molecule has 0 bridgehead atoms. The predicted molar refractivity (Wildman–Crippen MR) is 128 cm³/mol. The summed E-state index contributed by atoms with van der Waals surface area (Å²) in [5.74, 6) is -1.73. The van der Waals surface area contributed by atoms with Crippen LogP contribution in [0.4, 0.5) is 0 Å². The van der Waals surface area contributed by atoms with E-state index in [-0.39, 0.29) is 24.3 Å². The Kier molecular flexibility index (Phi) is 6.93. The van der Waals surface area contributed by atoms with Gasteiger partial charge in [0.25, 0.3) is 0 Å². The Bertz CT molecular complexity index is 878. The van der Waals surface area contributed by atoms with Crippen molar-refractivity contribution in [1.29, 1.82) is 0 Å². The smallest absolute Gasteiger partial charge is 0.249 e. The molecule has 0 aromatic heterocycles. The van der Waals surface area contributed by atoms with Crippen LogP contribution in [-0.4, -0.2) is 93.6 Å². The number of unbranched alkanes of at least 4 members (excludes halogenated alkanes) is 2. The van der Waals surface area contributed by atoms with Gasteiger partial charge in [0.15, 0.2) is 0 Å². The minimum Gasteiger partial charge on any atom is -0.396 e. The second-order valence-corrected chi connectivity index (χ2v) is 10.9. The molecule has 0 saturated carbocycles. The van der Waals surface area contributed by atoms with Crippen molar-refractivity contribution in [2.45, 2.75) is 76.7 Å². The minimum absolute atomic E-state index is 0.0641. The SMILES string of the molecule is CCCN1CC=C[C@@H]2O[C@]34C=CCN(C(C)(C)C)C(=O)C3N(CCCCCO)C(=O)[C@@H]4[C@@H]2C1=O. The van der Waals surface area contributed by atoms with Crippen LogP contribution in [0.5, 0.6) is 0 Å². The summed E-state index contributed by atoms with van der Waals surface area (Å²) in [7, 11) is 0. The van der Waals surface area contributed by atoms with E-state index in [9.17, 15) is 14.4 Å². The summed E-state index contributed by atoms with van der Waals surface area (Å²) >= 11 is 0. The Labute approximate surface area is 202 Å². The first-order valence-corrected chi connectivity index (χ1v) is 12.7. The Morgan fingerprint density at radius 1 is 1.03 bits per heavy atom. The molecule has 188 valence electrons. The van der Waals surface area contributed by atoms with Gasteiger partial charge in [0.1, 0.15) is 11.6 Å². The Balaban J connectivity index is 1.76. The monoisotopic (exact) mass is 473 g/mol. The molecule has 1 N–H and O–H groups in total. The van der Waals surface area contributed by atoms with Gasteiger partial charge in [-0.3, -0.25) is 14.4 Å². The van der Waals surface area contributed by atoms with Crippen LogP contribution in [0.2, 0.25) is 0 Å². The summed E-state index contributed by atoms with van der Waals surface area (Å²) in [6.07, 6.45) is 10.1. The number of hydrogen-bond acceptors (Lipinski definition) is 5. The average molecular weight is 474 g/mol. The summed E-state index contributed by atoms with van der Waals surface area (Å²) in [5, 5.41) is 9.17. The lowest BCUT2D eigenvalue weighted by Crippen LogP contribution is -2.58. The molecule has 1 unspecified atom stereocenters. The van der Waals surface area contributed by atoms with Crippen LogP contribution < -0.4 is 0 Å². The van der Waals surface area contributed by atoms with Gasteiger partial charge in [-0.25, -0.2) is 0 Å². The number of aliphatic hydroxyl groups is 1. The third-order valence-electron chi connectivity index (χ3n) is 7.60. The van der Waals surface area contributed by atoms with Gasteiger partial charge < -0.3 is 24.5 Å². The Hall–Kier alpha value is -2.19. The maximum atomic E-state index is 14.0. The van der Waals surface area contributed by atoms with E-state index in [1.807, 2.05) is 52.0 Å². The van der Waals surface area contributed by atoms with Crippen LogP contribution >= 0.6 is 0 Å². The van der Waals surface area contributed by atoms with Crippen LogP contribution in [0.15, 0.2) is 24.3 Å². The lowest BCUT2D eigenvalue weighted by molar-refractivity contribution is -0.151. The van der Waals surface area contributed by atoms with E-state index in [4.69, 9.17) is 9.84 Å². The van der Waals surface area contributed by atoms with Crippen LogP contribution in [0, 0.1) is 11.8 Å². The number of rotatable bonds is 7. The number of aliphatic hydroxyl groups excluding tert-OH is 1. The van der Waals surface area contributed by atoms with Crippen LogP contribution in [0.3, 0.4) is 0 Å². The van der Waals surface area contributed by atoms with Crippen molar-refractivity contribution >= 4 is 17.7 Å². The molecular formula is C26H39N3O5. The van der Waals surface area contributed by atoms with E-state index in [1.54, 1.807) is 14.7 Å². The minimum atomic E-state index is -1.16. The van der Waals surface area contributed by atoms with Gasteiger partial charge in [0, 0.05) is 38.3 Å². The second kappa shape index (κ2) is 9.46. The Morgan fingerprint density at radius 3 is 2.47 bits per heavy atom. The van der Waals surface area contributed by atoms with Gasteiger partial charge in [0.2, 0.25) is 17.7 Å². The molecule has 0 aliphatic carbocycles. The van der Waals surface area contributed by atoms with Gasteiger partial charge in [0.05, 0.1) is 17.9 Å². The third kappa shape index (κ3) is 3.98. The highest BCUT2D eigenvalue weighted by Gasteiger charge is 2.71. The summed E-state index contributed by atoms with van der Waals surface area (Å²) in [4.78, 5) is 47.0. The van der Waals surface area contributed by atoms with Crippen LogP contribution in [0.25, 0.3) is 0 Å². The number of ether oxygens (including phenoxy) is 1. The molecule has 0 aromatic rings. The molecule has 4 aliphatic rings. The standard InChI is InChI=1S/C26H39N3O5/c1-5-13-27-14-9-11-18-19(22(27)31)20-23(32)28(15-7-6-8-17-30)21-24(33)29(25(2,3)4)16-10-12-26(20,21)34-18/h9-12,18-21,30H,5-8,13-17H2,1-4H3/t18-,19+,20-,21?,26-/m0/s1. The number of amides is 3. The number of carbonyl (C=O) groups excluding carboxylic acids is 3. The van der Waals surface area contributed by atoms with Crippen LogP contribution in [-0.2, 0) is 19.1 Å². The molecule has 5 atom stereocenters. The fourth-order valence-corrected chi connectivity index (χ4v) is 6.07. The van der Waals surface area contributed by atoms with Crippen molar-refractivity contribution in [3.05, 3.63) is 24.3 Å². The molecule has 2 saturated heterocycles. The topological polar surface area (TPSA) is 90.4 Å². The van der Waals surface area contributed by atoms with Crippen molar-refractivity contribution in [2.75, 3.05) is 32.8 Å². The highest BCUT2D eigenvalue weighted by Crippen LogP contribution is 2.53. The molecule has 4 heterocycles. The molecule has 4 aliphatic heterocycles. The maximum absolute atomic E-state index is 14.0. The van der Waals surface area contributed by atoms with Gasteiger partial charge in [-0.2, -0.15) is 0 Å². The zero-order chi connectivity index (χ0) is 24.7. The first kappa shape index (κ1) is 24.9. The number of fused-ring (bicyclic) bond motifs is 2. The largest absolute Gasteiger partial charge is 0.396 e. The summed E-state index contributed by atoms with van der Waals surface area (Å²) < 4.78 is 6.63. The molecule has 4 rings (SSSR count). The molecule has 0 aromatic carbocycles. The van der Waals surface area contributed by atoms with Crippen molar-refractivity contribution in [2.24, 2.45) is 11.8 Å².